The van der Waals surface area contributed by atoms with Crippen LogP contribution in [0.4, 0.5) is 0 Å². The zero-order chi connectivity index (χ0) is 8.10. The van der Waals surface area contributed by atoms with Gasteiger partial charge in [-0.05, 0) is 12.1 Å². The molecule has 64 valence electrons. The maximum absolute atomic E-state index is 8.42. The third-order valence-corrected chi connectivity index (χ3v) is 1.59. The summed E-state index contributed by atoms with van der Waals surface area (Å²) in [5, 5.41) is 8.42. The number of aromatic nitrogens is 1. The van der Waals surface area contributed by atoms with E-state index in [1.54, 1.807) is 6.20 Å². The van der Waals surface area contributed by atoms with Crippen LogP contribution in [0.25, 0.3) is 0 Å². The predicted octanol–water partition coefficient (Wildman–Crippen LogP) is 2.73. The molecule has 2 nitrogen and oxygen atoms in total. The molecule has 0 bridgehead atoms. The van der Waals surface area contributed by atoms with Crippen molar-refractivity contribution in [1.82, 2.24) is 4.98 Å². The molecule has 0 N–H and O–H groups in total. The van der Waals surface area contributed by atoms with Crippen LogP contribution in [0.1, 0.15) is 32.4 Å². The molecule has 0 aliphatic rings. The van der Waals surface area contributed by atoms with Crippen molar-refractivity contribution in [3.8, 4) is 6.07 Å². The highest BCUT2D eigenvalue weighted by Crippen LogP contribution is 2.14. The first-order valence-electron chi connectivity index (χ1n) is 3.62. The van der Waals surface area contributed by atoms with E-state index in [1.807, 2.05) is 25.1 Å². The Morgan fingerprint density at radius 3 is 2.83 bits per heavy atom. The fourth-order valence-corrected chi connectivity index (χ4v) is 0.909. The third-order valence-electron chi connectivity index (χ3n) is 1.59. The molecule has 0 saturated carbocycles. The topological polar surface area (TPSA) is 36.7 Å². The molecule has 0 aromatic carbocycles. The second kappa shape index (κ2) is 5.31. The molecule has 1 aromatic heterocycles. The zero-order valence-corrected chi connectivity index (χ0v) is 6.49. The van der Waals surface area contributed by atoms with Crippen molar-refractivity contribution >= 4 is 0 Å². The maximum Gasteiger partial charge on any atom is 0.0628 e. The molecule has 1 unspecified atom stereocenters. The number of nitrogens with zero attached hydrogens (tertiary/aromatic N) is 2. The molecule has 0 saturated heterocycles. The Labute approximate surface area is 73.9 Å². The molecule has 0 radical (unpaired) electrons. The van der Waals surface area contributed by atoms with Gasteiger partial charge in [-0.3, -0.25) is 4.98 Å². The van der Waals surface area contributed by atoms with Crippen LogP contribution >= 0.6 is 0 Å². The molecular formula is C10H14N2. The van der Waals surface area contributed by atoms with Gasteiger partial charge in [-0.15, -0.1) is 0 Å². The van der Waals surface area contributed by atoms with Gasteiger partial charge < -0.3 is 0 Å². The molecule has 1 heterocycles. The van der Waals surface area contributed by atoms with E-state index in [2.05, 4.69) is 11.1 Å². The van der Waals surface area contributed by atoms with Gasteiger partial charge in [0.25, 0.3) is 0 Å². The Kier molecular flexibility index (Phi) is 4.71. The van der Waals surface area contributed by atoms with Crippen LogP contribution in [0.15, 0.2) is 24.4 Å². The smallest absolute Gasteiger partial charge is 0.0628 e. The van der Waals surface area contributed by atoms with Crippen molar-refractivity contribution < 1.29 is 0 Å². The predicted molar refractivity (Wildman–Crippen MR) is 49.6 cm³/mol. The quantitative estimate of drug-likeness (QED) is 0.670. The highest BCUT2D eigenvalue weighted by molar-refractivity contribution is 5.09. The van der Waals surface area contributed by atoms with Gasteiger partial charge in [-0.25, -0.2) is 0 Å². The van der Waals surface area contributed by atoms with E-state index in [4.69, 9.17) is 5.26 Å². The summed E-state index contributed by atoms with van der Waals surface area (Å²) in [5.41, 5.74) is 0.994. The van der Waals surface area contributed by atoms with Gasteiger partial charge in [-0.2, -0.15) is 5.26 Å². The van der Waals surface area contributed by atoms with Gasteiger partial charge in [-0.1, -0.05) is 20.4 Å². The Hall–Kier alpha value is -1.36. The van der Waals surface area contributed by atoms with Gasteiger partial charge in [0.15, 0.2) is 0 Å². The second-order valence-corrected chi connectivity index (χ2v) is 2.52. The van der Waals surface area contributed by atoms with E-state index >= 15 is 0 Å². The zero-order valence-electron chi connectivity index (χ0n) is 6.49. The van der Waals surface area contributed by atoms with Crippen LogP contribution in [-0.4, -0.2) is 4.98 Å². The fraction of sp³-hybridized carbons (Fsp3) is 0.400. The van der Waals surface area contributed by atoms with Crippen molar-refractivity contribution in [3.05, 3.63) is 30.1 Å². The van der Waals surface area contributed by atoms with Crippen LogP contribution in [0.2, 0.25) is 0 Å². The molecular weight excluding hydrogens is 148 g/mol. The first-order chi connectivity index (χ1) is 5.34. The largest absolute Gasteiger partial charge is 0.261 e. The summed E-state index contributed by atoms with van der Waals surface area (Å²) in [7, 11) is 0. The van der Waals surface area contributed by atoms with Crippen LogP contribution in [0, 0.1) is 11.3 Å². The van der Waals surface area contributed by atoms with E-state index in [0.29, 0.717) is 6.42 Å². The number of rotatable bonds is 2. The van der Waals surface area contributed by atoms with Gasteiger partial charge in [0.2, 0.25) is 0 Å². The molecule has 12 heavy (non-hydrogen) atoms. The Morgan fingerprint density at radius 2 is 2.33 bits per heavy atom. The minimum absolute atomic E-state index is 0. The van der Waals surface area contributed by atoms with Gasteiger partial charge >= 0.3 is 0 Å². The maximum atomic E-state index is 8.42. The second-order valence-electron chi connectivity index (χ2n) is 2.52. The SMILES string of the molecule is C.CC(CC#N)c1ccccn1. The number of nitriles is 1. The molecule has 1 rings (SSSR count). The molecule has 0 aliphatic heterocycles. The average molecular weight is 162 g/mol. The number of hydrogen-bond acceptors (Lipinski definition) is 2. The number of hydrogen-bond donors (Lipinski definition) is 0. The van der Waals surface area contributed by atoms with E-state index < -0.39 is 0 Å². The van der Waals surface area contributed by atoms with Crippen LogP contribution in [0.5, 0.6) is 0 Å². The van der Waals surface area contributed by atoms with Crippen molar-refractivity contribution in [1.29, 1.82) is 5.26 Å². The highest BCUT2D eigenvalue weighted by Gasteiger charge is 2.03. The van der Waals surface area contributed by atoms with Crippen LogP contribution < -0.4 is 0 Å². The van der Waals surface area contributed by atoms with E-state index in [9.17, 15) is 0 Å². The van der Waals surface area contributed by atoms with Gasteiger partial charge in [0, 0.05) is 24.2 Å². The fourth-order valence-electron chi connectivity index (χ4n) is 0.909. The van der Waals surface area contributed by atoms with Crippen LogP contribution in [0.3, 0.4) is 0 Å². The lowest BCUT2D eigenvalue weighted by atomic mass is 10.0. The van der Waals surface area contributed by atoms with Gasteiger partial charge in [0.05, 0.1) is 6.07 Å². The molecule has 0 fully saturated rings. The van der Waals surface area contributed by atoms with Gasteiger partial charge in [0.1, 0.15) is 0 Å². The molecule has 0 spiro atoms. The molecule has 2 heteroatoms. The molecule has 0 amide bonds. The third kappa shape index (κ3) is 2.71. The minimum atomic E-state index is 0. The van der Waals surface area contributed by atoms with Crippen molar-refractivity contribution in [2.75, 3.05) is 0 Å². The lowest BCUT2D eigenvalue weighted by Gasteiger charge is -2.03. The van der Waals surface area contributed by atoms with E-state index in [1.165, 1.54) is 0 Å². The summed E-state index contributed by atoms with van der Waals surface area (Å²) >= 11 is 0. The number of pyridine rings is 1. The lowest BCUT2D eigenvalue weighted by molar-refractivity contribution is 0.757. The summed E-state index contributed by atoms with van der Waals surface area (Å²) in [6, 6.07) is 7.89. The summed E-state index contributed by atoms with van der Waals surface area (Å²) in [4.78, 5) is 4.15. The Bertz CT molecular complexity index is 248. The lowest BCUT2D eigenvalue weighted by Crippen LogP contribution is -1.94. The van der Waals surface area contributed by atoms with E-state index in [-0.39, 0.29) is 13.3 Å². The normalized spacial score (nSPS) is 11.0. The summed E-state index contributed by atoms with van der Waals surface area (Å²) in [6.07, 6.45) is 2.29. The van der Waals surface area contributed by atoms with E-state index in [0.717, 1.165) is 5.69 Å². The summed E-state index contributed by atoms with van der Waals surface area (Å²) < 4.78 is 0. The standard InChI is InChI=1S/C9H10N2.CH4/c1-8(5-6-10)9-4-2-3-7-11-9;/h2-4,7-8H,5H2,1H3;1H4. The van der Waals surface area contributed by atoms with Crippen molar-refractivity contribution in [2.45, 2.75) is 26.7 Å². The highest BCUT2D eigenvalue weighted by atomic mass is 14.7. The minimum Gasteiger partial charge on any atom is -0.261 e. The first-order valence-corrected chi connectivity index (χ1v) is 3.62. The van der Waals surface area contributed by atoms with Crippen molar-refractivity contribution in [3.63, 3.8) is 0 Å². The molecule has 1 atom stereocenters. The Balaban J connectivity index is 0.00000121. The average Bonchev–Trinajstić information content (AvgIpc) is 2.07. The van der Waals surface area contributed by atoms with Crippen LogP contribution in [-0.2, 0) is 0 Å². The first kappa shape index (κ1) is 10.6. The molecule has 1 aromatic rings. The summed E-state index contributed by atoms with van der Waals surface area (Å²) in [6.45, 7) is 2.01. The molecule has 0 aliphatic carbocycles. The monoisotopic (exact) mass is 162 g/mol. The van der Waals surface area contributed by atoms with Crippen molar-refractivity contribution in [2.24, 2.45) is 0 Å². The summed E-state index contributed by atoms with van der Waals surface area (Å²) in [5.74, 6) is 0.251. The Morgan fingerprint density at radius 1 is 1.58 bits per heavy atom.